The lowest BCUT2D eigenvalue weighted by molar-refractivity contribution is -0.133. The quantitative estimate of drug-likeness (QED) is 0.0165. The summed E-state index contributed by atoms with van der Waals surface area (Å²) in [7, 11) is 3.00. The first kappa shape index (κ1) is 79.7. The van der Waals surface area contributed by atoms with E-state index in [2.05, 4.69) is 29.5 Å². The Morgan fingerprint density at radius 2 is 1.35 bits per heavy atom. The predicted molar refractivity (Wildman–Crippen MR) is 428 cm³/mol. The van der Waals surface area contributed by atoms with E-state index in [0.717, 1.165) is 56.8 Å². The highest BCUT2D eigenvalue weighted by atomic mass is 16.6. The van der Waals surface area contributed by atoms with Crippen LogP contribution in [-0.2, 0) is 54.7 Å². The molecule has 0 bridgehead atoms. The molecular formula is C88H101N11O14. The smallest absolute Gasteiger partial charge is 0.416 e. The van der Waals surface area contributed by atoms with E-state index in [9.17, 15) is 43.5 Å². The highest BCUT2D eigenvalue weighted by molar-refractivity contribution is 6.07. The molecule has 6 heterocycles. The molecule has 113 heavy (non-hydrogen) atoms. The van der Waals surface area contributed by atoms with Gasteiger partial charge in [0.2, 0.25) is 11.8 Å². The number of methoxy groups -OCH3 is 2. The molecule has 25 heteroatoms. The van der Waals surface area contributed by atoms with E-state index in [-0.39, 0.29) is 145 Å². The number of amides is 5. The van der Waals surface area contributed by atoms with Gasteiger partial charge in [0.1, 0.15) is 23.9 Å². The second-order valence-corrected chi connectivity index (χ2v) is 31.3. The third-order valence-electron chi connectivity index (χ3n) is 22.6. The van der Waals surface area contributed by atoms with Crippen molar-refractivity contribution in [2.75, 3.05) is 43.8 Å². The number of aliphatic hydroxyl groups is 1. The number of benzene rings is 6. The number of hydrogen-bond acceptors (Lipinski definition) is 18. The second-order valence-electron chi connectivity index (χ2n) is 31.3. The van der Waals surface area contributed by atoms with Crippen molar-refractivity contribution in [3.63, 3.8) is 0 Å². The Bertz CT molecular complexity index is 4830. The fraction of sp³-hybridized carbons (Fsp3) is 0.432. The van der Waals surface area contributed by atoms with Gasteiger partial charge in [0, 0.05) is 106 Å². The maximum absolute atomic E-state index is 14.5. The number of aromatic nitrogens is 3. The van der Waals surface area contributed by atoms with Gasteiger partial charge in [0.05, 0.1) is 91.8 Å². The number of fused-ring (bicyclic) bond motifs is 9. The number of ether oxygens (including phenoxy) is 5. The number of hydrogen-bond donors (Lipinski definition) is 4. The molecule has 1 spiro atoms. The molecule has 5 N–H and O–H groups in total. The molecule has 5 atom stereocenters. The van der Waals surface area contributed by atoms with Gasteiger partial charge in [-0.25, -0.2) is 14.4 Å². The number of aliphatic hydroxyl groups excluding tert-OH is 1. The van der Waals surface area contributed by atoms with Crippen LogP contribution in [0.25, 0.3) is 28.1 Å². The lowest BCUT2D eigenvalue weighted by Crippen LogP contribution is -2.50. The summed E-state index contributed by atoms with van der Waals surface area (Å²) in [6.07, 6.45) is 9.72. The molecule has 0 radical (unpaired) electrons. The maximum atomic E-state index is 14.5. The number of carbonyl (C=O) groups is 8. The number of ketones is 3. The largest absolute Gasteiger partial charge is 0.493 e. The van der Waals surface area contributed by atoms with E-state index >= 15 is 0 Å². The Labute approximate surface area is 658 Å². The average Bonchev–Trinajstić information content (AvgIpc) is 1.57. The van der Waals surface area contributed by atoms with Crippen molar-refractivity contribution >= 4 is 81.8 Å². The first-order valence-corrected chi connectivity index (χ1v) is 39.5. The molecule has 25 nitrogen and oxygen atoms in total. The molecule has 1 saturated heterocycles. The summed E-state index contributed by atoms with van der Waals surface area (Å²) in [6.45, 7) is 10.6. The standard InChI is InChI=1S/C88H101N11O14/c1-53(2)67(42-64(101)20-11-8-10-19-63(100)33-35-80(103)96-49-60-18-12-13-21-65(60)82-81(93-94-99(82)54(3)4)66-22-14-15-23-71(66)96)83(104)92-55(5)74(102)40-57-24-26-58(27-25-57)51-113-87(108)98-72-46-78(76(110-7)44-69(72)85(106)97-52-88(36-37-88)47-73(97)86(98)107)112-39-17-9-16-38-111-77-45-70-68(43-75(77)109-6)84(105)95-50-61(41-62(95)48-91-70)59-31-28-56(29-32-59)30-34-79(89)90/h12-15,18,21-29,31-32,43-46,48,50,53-55,62,67,73,86,107H,8-11,16-17,19-20,30,33-42,47,49,51-52H2,1-7H3,(H3,89,90)(H,92,104)/t55-,62-,67-,73-,86?/m0/s1. The number of rotatable bonds is 34. The molecule has 13 rings (SSSR count). The SMILES string of the molecule is COc1cc2c(cc1OCCCCCOc1cc3c(cc1OC)C(=O)N1CC4(CC4)C[C@H]1C(O)N3C(=O)OCc1ccc(CC(=O)[C@H](C)NC(=O)[C@@H](CC(=O)CCCCCC(=O)CCC(=O)N3Cc4ccccc4-c4c(nnn4C(C)C)-c4ccccc43)C(C)C)cc1)N=C[C@@H]1CC(c3ccc(CCC(=N)N)cc3)=CN1C2=O. The lowest BCUT2D eigenvalue weighted by atomic mass is 9.88. The van der Waals surface area contributed by atoms with Gasteiger partial charge >= 0.3 is 6.09 Å². The minimum Gasteiger partial charge on any atom is -0.493 e. The zero-order valence-electron chi connectivity index (χ0n) is 65.4. The van der Waals surface area contributed by atoms with E-state index in [1.54, 1.807) is 76.4 Å². The number of aryl methyl sites for hydroxylation is 1. The molecule has 5 aliphatic heterocycles. The molecule has 6 aromatic carbocycles. The molecular weight excluding hydrogens is 1440 g/mol. The van der Waals surface area contributed by atoms with Crippen LogP contribution >= 0.6 is 0 Å². The number of nitrogens with two attached hydrogens (primary N) is 1. The third kappa shape index (κ3) is 18.1. The van der Waals surface area contributed by atoms with E-state index in [0.29, 0.717) is 129 Å². The molecule has 592 valence electrons. The summed E-state index contributed by atoms with van der Waals surface area (Å²) in [6, 6.07) is 35.4. The number of amidine groups is 1. The van der Waals surface area contributed by atoms with Crippen molar-refractivity contribution in [3.8, 4) is 45.5 Å². The topological polar surface area (TPSA) is 321 Å². The highest BCUT2D eigenvalue weighted by Crippen LogP contribution is 2.57. The van der Waals surface area contributed by atoms with E-state index in [4.69, 9.17) is 39.8 Å². The summed E-state index contributed by atoms with van der Waals surface area (Å²) < 4.78 is 31.9. The number of unbranched alkanes of at least 4 members (excludes halogenated alkanes) is 4. The van der Waals surface area contributed by atoms with Crippen molar-refractivity contribution < 1.29 is 67.1 Å². The van der Waals surface area contributed by atoms with Crippen LogP contribution in [0.2, 0.25) is 0 Å². The van der Waals surface area contributed by atoms with Crippen LogP contribution in [0.5, 0.6) is 23.0 Å². The zero-order valence-corrected chi connectivity index (χ0v) is 65.4. The Morgan fingerprint density at radius 3 is 2.04 bits per heavy atom. The Hall–Kier alpha value is -11.3. The molecule has 7 aromatic rings. The summed E-state index contributed by atoms with van der Waals surface area (Å²) in [5.41, 5.74) is 15.9. The average molecular weight is 1540 g/mol. The monoisotopic (exact) mass is 1540 g/mol. The van der Waals surface area contributed by atoms with Crippen LogP contribution in [-0.4, -0.2) is 147 Å². The Morgan fingerprint density at radius 1 is 0.690 bits per heavy atom. The maximum Gasteiger partial charge on any atom is 0.416 e. The summed E-state index contributed by atoms with van der Waals surface area (Å²) in [5, 5.41) is 31.8. The van der Waals surface area contributed by atoms with Crippen molar-refractivity contribution in [2.45, 2.75) is 194 Å². The van der Waals surface area contributed by atoms with Gasteiger partial charge in [-0.05, 0) is 141 Å². The number of aliphatic imine (C=N–C) groups is 1. The van der Waals surface area contributed by atoms with Crippen LogP contribution in [0.15, 0.2) is 133 Å². The minimum absolute atomic E-state index is 0.00874. The fourth-order valence-electron chi connectivity index (χ4n) is 15.9. The molecule has 1 saturated carbocycles. The number of nitrogens with one attached hydrogen (secondary N) is 2. The van der Waals surface area contributed by atoms with Crippen LogP contribution in [0.3, 0.4) is 0 Å². The van der Waals surface area contributed by atoms with Gasteiger partial charge in [0.25, 0.3) is 11.8 Å². The van der Waals surface area contributed by atoms with Crippen LogP contribution in [0.4, 0.5) is 21.9 Å². The van der Waals surface area contributed by atoms with Gasteiger partial charge in [-0.3, -0.25) is 44.0 Å². The third-order valence-corrected chi connectivity index (χ3v) is 22.6. The number of Topliss-reactive ketones (excluding diaryl/α,β-unsaturated/α-hetero) is 3. The Kier molecular flexibility index (Phi) is 24.8. The molecule has 1 unspecified atom stereocenters. The summed E-state index contributed by atoms with van der Waals surface area (Å²) in [5.74, 6) is -0.785. The van der Waals surface area contributed by atoms with Crippen LogP contribution < -0.4 is 39.8 Å². The first-order valence-electron chi connectivity index (χ1n) is 39.5. The van der Waals surface area contributed by atoms with Gasteiger partial charge in [-0.1, -0.05) is 116 Å². The number of carbonyl (C=O) groups excluding carboxylic acids is 8. The predicted octanol–water partition coefficient (Wildman–Crippen LogP) is 13.8. The van der Waals surface area contributed by atoms with E-state index < -0.39 is 30.3 Å². The summed E-state index contributed by atoms with van der Waals surface area (Å²) >= 11 is 0. The molecule has 1 aromatic heterocycles. The van der Waals surface area contributed by atoms with Crippen molar-refractivity contribution in [3.05, 3.63) is 166 Å². The van der Waals surface area contributed by atoms with Crippen molar-refractivity contribution in [1.29, 1.82) is 5.41 Å². The molecule has 5 amide bonds. The normalized spacial score (nSPS) is 17.4. The highest BCUT2D eigenvalue weighted by Gasteiger charge is 2.58. The first-order chi connectivity index (χ1) is 54.5. The van der Waals surface area contributed by atoms with Gasteiger partial charge < -0.3 is 54.5 Å². The number of para-hydroxylation sites is 1. The number of anilines is 2. The fourth-order valence-corrected chi connectivity index (χ4v) is 15.9. The zero-order chi connectivity index (χ0) is 79.8. The molecule has 6 aliphatic rings. The number of nitrogens with zero attached hydrogens (tertiary/aromatic N) is 8. The van der Waals surface area contributed by atoms with Gasteiger partial charge in [0.15, 0.2) is 35.0 Å². The second kappa shape index (κ2) is 35.1. The van der Waals surface area contributed by atoms with Gasteiger partial charge in [-0.2, -0.15) is 0 Å². The Balaban J connectivity index is 0.551. The van der Waals surface area contributed by atoms with E-state index in [1.165, 1.54) is 14.2 Å². The lowest BCUT2D eigenvalue weighted by Gasteiger charge is -2.31. The minimum atomic E-state index is -1.46. The molecule has 2 fully saturated rings. The van der Waals surface area contributed by atoms with Crippen molar-refractivity contribution in [1.82, 2.24) is 30.1 Å². The van der Waals surface area contributed by atoms with Crippen LogP contribution in [0, 0.1) is 22.7 Å². The van der Waals surface area contributed by atoms with Crippen LogP contribution in [0.1, 0.15) is 192 Å². The van der Waals surface area contributed by atoms with Gasteiger partial charge in [-0.15, -0.1) is 5.10 Å². The molecule has 1 aliphatic carbocycles. The summed E-state index contributed by atoms with van der Waals surface area (Å²) in [4.78, 5) is 122. The van der Waals surface area contributed by atoms with Crippen molar-refractivity contribution in [2.24, 2.45) is 28.0 Å². The van der Waals surface area contributed by atoms with E-state index in [1.807, 2.05) is 97.5 Å².